The zero-order chi connectivity index (χ0) is 15.4. The third-order valence-electron chi connectivity index (χ3n) is 5.60. The summed E-state index contributed by atoms with van der Waals surface area (Å²) in [6.45, 7) is 0. The van der Waals surface area contributed by atoms with E-state index >= 15 is 0 Å². The van der Waals surface area contributed by atoms with Crippen LogP contribution in [0.1, 0.15) is 24.0 Å². The van der Waals surface area contributed by atoms with Gasteiger partial charge in [-0.05, 0) is 58.1 Å². The Morgan fingerprint density at radius 1 is 0.826 bits per heavy atom. The maximum Gasteiger partial charge on any atom is 0.123 e. The van der Waals surface area contributed by atoms with Crippen LogP contribution < -0.4 is 0 Å². The molecular weight excluding hydrogens is 300 g/mol. The van der Waals surface area contributed by atoms with E-state index in [1.54, 1.807) is 0 Å². The minimum atomic E-state index is 0.0959. The lowest BCUT2D eigenvalue weighted by molar-refractivity contribution is 0.466. The average Bonchev–Trinajstić information content (AvgIpc) is 2.87. The maximum absolute atomic E-state index is 10.6. The molecule has 0 saturated carbocycles. The summed E-state index contributed by atoms with van der Waals surface area (Å²) in [4.78, 5) is 0. The van der Waals surface area contributed by atoms with Crippen LogP contribution in [-0.4, -0.2) is 16.6 Å². The van der Waals surface area contributed by atoms with Crippen molar-refractivity contribution in [1.29, 1.82) is 0 Å². The number of phenols is 1. The van der Waals surface area contributed by atoms with Gasteiger partial charge in [0.05, 0.1) is 0 Å². The Bertz CT molecular complexity index is 922. The van der Waals surface area contributed by atoms with E-state index in [4.69, 9.17) is 0 Å². The second-order valence-corrected chi connectivity index (χ2v) is 7.83. The molecule has 1 heterocycles. The second kappa shape index (κ2) is 4.78. The third-order valence-corrected chi connectivity index (χ3v) is 6.58. The minimum Gasteiger partial charge on any atom is -0.507 e. The predicted octanol–water partition coefficient (Wildman–Crippen LogP) is 5.34. The molecule has 5 rings (SSSR count). The molecule has 1 N–H and O–H groups in total. The van der Waals surface area contributed by atoms with Gasteiger partial charge in [0.25, 0.3) is 0 Å². The number of aromatic hydroxyl groups is 1. The Morgan fingerprint density at radius 3 is 2.35 bits per heavy atom. The summed E-state index contributed by atoms with van der Waals surface area (Å²) in [6.07, 6.45) is 2.33. The van der Waals surface area contributed by atoms with E-state index in [1.807, 2.05) is 18.2 Å². The van der Waals surface area contributed by atoms with Crippen molar-refractivity contribution >= 4 is 22.5 Å². The first-order valence-corrected chi connectivity index (χ1v) is 9.39. The number of hydrogen-bond donors (Lipinski definition) is 1. The SMILES string of the molecule is Oc1cc2c(c3ccccc13)-c1ccccc1C21CCSCC1. The number of thioether (sulfide) groups is 1. The minimum absolute atomic E-state index is 0.0959. The molecule has 3 aromatic rings. The molecule has 2 heteroatoms. The van der Waals surface area contributed by atoms with Gasteiger partial charge in [-0.15, -0.1) is 0 Å². The van der Waals surface area contributed by atoms with Gasteiger partial charge >= 0.3 is 0 Å². The fourth-order valence-corrected chi connectivity index (χ4v) is 5.74. The highest BCUT2D eigenvalue weighted by atomic mass is 32.2. The van der Waals surface area contributed by atoms with Gasteiger partial charge in [0.2, 0.25) is 0 Å². The zero-order valence-corrected chi connectivity index (χ0v) is 13.7. The Labute approximate surface area is 140 Å². The van der Waals surface area contributed by atoms with Crippen LogP contribution >= 0.6 is 11.8 Å². The largest absolute Gasteiger partial charge is 0.507 e. The monoisotopic (exact) mass is 318 g/mol. The van der Waals surface area contributed by atoms with Gasteiger partial charge in [0, 0.05) is 10.8 Å². The van der Waals surface area contributed by atoms with Crippen LogP contribution in [0.4, 0.5) is 0 Å². The van der Waals surface area contributed by atoms with Gasteiger partial charge in [-0.1, -0.05) is 48.5 Å². The van der Waals surface area contributed by atoms with Gasteiger partial charge in [-0.25, -0.2) is 0 Å². The zero-order valence-electron chi connectivity index (χ0n) is 12.9. The molecule has 23 heavy (non-hydrogen) atoms. The van der Waals surface area contributed by atoms with Crippen molar-refractivity contribution in [1.82, 2.24) is 0 Å². The predicted molar refractivity (Wildman–Crippen MR) is 98.4 cm³/mol. The van der Waals surface area contributed by atoms with Crippen LogP contribution in [-0.2, 0) is 5.41 Å². The van der Waals surface area contributed by atoms with Crippen molar-refractivity contribution in [2.75, 3.05) is 11.5 Å². The molecule has 1 nitrogen and oxygen atoms in total. The highest BCUT2D eigenvalue weighted by molar-refractivity contribution is 7.99. The van der Waals surface area contributed by atoms with E-state index in [0.29, 0.717) is 5.75 Å². The summed E-state index contributed by atoms with van der Waals surface area (Å²) < 4.78 is 0. The summed E-state index contributed by atoms with van der Waals surface area (Å²) in [5, 5.41) is 12.8. The molecule has 0 aromatic heterocycles. The molecule has 0 unspecified atom stereocenters. The van der Waals surface area contributed by atoms with Crippen LogP contribution in [0.2, 0.25) is 0 Å². The van der Waals surface area contributed by atoms with Crippen molar-refractivity contribution in [2.45, 2.75) is 18.3 Å². The molecule has 1 spiro atoms. The first-order valence-electron chi connectivity index (χ1n) is 8.24. The van der Waals surface area contributed by atoms with E-state index in [2.05, 4.69) is 48.2 Å². The van der Waals surface area contributed by atoms with Crippen molar-refractivity contribution in [3.8, 4) is 16.9 Å². The molecule has 1 aliphatic carbocycles. The lowest BCUT2D eigenvalue weighted by Gasteiger charge is -2.35. The molecule has 1 aliphatic heterocycles. The number of hydrogen-bond acceptors (Lipinski definition) is 2. The van der Waals surface area contributed by atoms with E-state index in [0.717, 1.165) is 5.39 Å². The molecule has 114 valence electrons. The van der Waals surface area contributed by atoms with Crippen molar-refractivity contribution < 1.29 is 5.11 Å². The molecule has 1 saturated heterocycles. The topological polar surface area (TPSA) is 20.2 Å². The lowest BCUT2D eigenvalue weighted by Crippen LogP contribution is -2.30. The summed E-state index contributed by atoms with van der Waals surface area (Å²) >= 11 is 2.05. The van der Waals surface area contributed by atoms with E-state index < -0.39 is 0 Å². The van der Waals surface area contributed by atoms with Crippen LogP contribution in [0.3, 0.4) is 0 Å². The normalized spacial score (nSPS) is 18.1. The fourth-order valence-electron chi connectivity index (χ4n) is 4.55. The van der Waals surface area contributed by atoms with Crippen LogP contribution in [0.25, 0.3) is 21.9 Å². The van der Waals surface area contributed by atoms with E-state index in [-0.39, 0.29) is 5.41 Å². The number of phenolic OH excluding ortho intramolecular Hbond substituents is 1. The lowest BCUT2D eigenvalue weighted by atomic mass is 9.73. The molecule has 0 radical (unpaired) electrons. The second-order valence-electron chi connectivity index (χ2n) is 6.60. The molecule has 1 fully saturated rings. The Hall–Kier alpha value is -1.93. The summed E-state index contributed by atoms with van der Waals surface area (Å²) in [7, 11) is 0. The first-order chi connectivity index (χ1) is 11.3. The first kappa shape index (κ1) is 13.5. The molecule has 2 aliphatic rings. The van der Waals surface area contributed by atoms with E-state index in [9.17, 15) is 5.11 Å². The quantitative estimate of drug-likeness (QED) is 0.604. The fraction of sp³-hybridized carbons (Fsp3) is 0.238. The summed E-state index contributed by atoms with van der Waals surface area (Å²) in [5.41, 5.74) is 5.62. The van der Waals surface area contributed by atoms with Gasteiger partial charge in [0.1, 0.15) is 5.75 Å². The summed E-state index contributed by atoms with van der Waals surface area (Å²) in [6, 6.07) is 19.2. The maximum atomic E-state index is 10.6. The van der Waals surface area contributed by atoms with Crippen molar-refractivity contribution in [3.63, 3.8) is 0 Å². The van der Waals surface area contributed by atoms with Gasteiger partial charge < -0.3 is 5.11 Å². The summed E-state index contributed by atoms with van der Waals surface area (Å²) in [5.74, 6) is 2.81. The van der Waals surface area contributed by atoms with E-state index in [1.165, 1.54) is 52.0 Å². The van der Waals surface area contributed by atoms with Gasteiger partial charge in [-0.2, -0.15) is 11.8 Å². The molecule has 0 bridgehead atoms. The molecule has 0 amide bonds. The molecule has 3 aromatic carbocycles. The highest BCUT2D eigenvalue weighted by Gasteiger charge is 2.44. The van der Waals surface area contributed by atoms with Crippen molar-refractivity contribution in [2.24, 2.45) is 0 Å². The highest BCUT2D eigenvalue weighted by Crippen LogP contribution is 2.57. The molecule has 0 atom stereocenters. The Kier molecular flexibility index (Phi) is 2.81. The van der Waals surface area contributed by atoms with Crippen LogP contribution in [0, 0.1) is 0 Å². The van der Waals surface area contributed by atoms with Crippen LogP contribution in [0.5, 0.6) is 5.75 Å². The molecular formula is C21H18OS. The standard InChI is InChI=1S/C21H18OS/c22-19-13-18-20(15-6-2-1-5-14(15)19)16-7-3-4-8-17(16)21(18)9-11-23-12-10-21/h1-8,13,22H,9-12H2. The van der Waals surface area contributed by atoms with Crippen LogP contribution in [0.15, 0.2) is 54.6 Å². The van der Waals surface area contributed by atoms with Gasteiger partial charge in [-0.3, -0.25) is 0 Å². The average molecular weight is 318 g/mol. The smallest absolute Gasteiger partial charge is 0.123 e. The number of fused-ring (bicyclic) bond motifs is 7. The third kappa shape index (κ3) is 1.70. The Balaban J connectivity index is 1.94. The number of rotatable bonds is 0. The Morgan fingerprint density at radius 2 is 1.52 bits per heavy atom. The number of benzene rings is 3. The van der Waals surface area contributed by atoms with Gasteiger partial charge in [0.15, 0.2) is 0 Å². The van der Waals surface area contributed by atoms with Crippen molar-refractivity contribution in [3.05, 3.63) is 65.7 Å².